The second kappa shape index (κ2) is 5.02. The quantitative estimate of drug-likeness (QED) is 0.916. The van der Waals surface area contributed by atoms with Gasteiger partial charge in [0, 0.05) is 6.04 Å². The van der Waals surface area contributed by atoms with E-state index in [0.29, 0.717) is 17.5 Å². The van der Waals surface area contributed by atoms with Crippen molar-refractivity contribution in [2.24, 2.45) is 11.7 Å². The fourth-order valence-corrected chi connectivity index (χ4v) is 3.18. The number of primary amides is 1. The van der Waals surface area contributed by atoms with Gasteiger partial charge >= 0.3 is 0 Å². The highest BCUT2D eigenvalue weighted by Crippen LogP contribution is 2.48. The van der Waals surface area contributed by atoms with E-state index >= 15 is 0 Å². The number of hydrogen-bond acceptors (Lipinski definition) is 2. The summed E-state index contributed by atoms with van der Waals surface area (Å²) in [5.74, 6) is 0.0368. The summed E-state index contributed by atoms with van der Waals surface area (Å²) in [6.45, 7) is 1.97. The van der Waals surface area contributed by atoms with Crippen molar-refractivity contribution in [3.8, 4) is 0 Å². The lowest BCUT2D eigenvalue weighted by Gasteiger charge is -2.24. The highest BCUT2D eigenvalue weighted by Gasteiger charge is 2.53. The summed E-state index contributed by atoms with van der Waals surface area (Å²) in [6.07, 6.45) is 1.86. The Balaban J connectivity index is 1.78. The summed E-state index contributed by atoms with van der Waals surface area (Å²) in [4.78, 5) is 13.4. The van der Waals surface area contributed by atoms with E-state index in [4.69, 9.17) is 5.73 Å². The Kier molecular flexibility index (Phi) is 3.34. The molecular weight excluding hydrogens is 255 g/mol. The number of fused-ring (bicyclic) bond motifs is 1. The van der Waals surface area contributed by atoms with Crippen molar-refractivity contribution >= 4 is 11.5 Å². The van der Waals surface area contributed by atoms with Gasteiger partial charge in [0.05, 0.1) is 12.6 Å². The Morgan fingerprint density at radius 1 is 1.35 bits per heavy atom. The largest absolute Gasteiger partial charge is 0.368 e. The third kappa shape index (κ3) is 2.36. The first-order chi connectivity index (χ1) is 9.58. The van der Waals surface area contributed by atoms with E-state index in [1.807, 2.05) is 35.2 Å². The molecule has 20 heavy (non-hydrogen) atoms. The van der Waals surface area contributed by atoms with E-state index in [-0.39, 0.29) is 24.3 Å². The van der Waals surface area contributed by atoms with Crippen molar-refractivity contribution in [2.45, 2.75) is 31.8 Å². The number of nitrogens with two attached hydrogens (primary N) is 1. The molecule has 1 saturated heterocycles. The zero-order chi connectivity index (χ0) is 14.3. The number of hydrogen-bond donors (Lipinski definition) is 1. The van der Waals surface area contributed by atoms with Crippen LogP contribution in [-0.2, 0) is 4.79 Å². The van der Waals surface area contributed by atoms with Gasteiger partial charge in [-0.25, -0.2) is 4.39 Å². The third-order valence-electron chi connectivity index (χ3n) is 4.50. The molecule has 3 atom stereocenters. The lowest BCUT2D eigenvalue weighted by molar-refractivity contribution is -0.122. The van der Waals surface area contributed by atoms with Gasteiger partial charge < -0.3 is 5.73 Å². The van der Waals surface area contributed by atoms with Crippen LogP contribution < -0.4 is 5.73 Å². The Bertz CT molecular complexity index is 555. The highest BCUT2D eigenvalue weighted by atomic mass is 19.1. The average Bonchev–Trinajstić information content (AvgIpc) is 3.14. The molecule has 0 aromatic heterocycles. The van der Waals surface area contributed by atoms with Gasteiger partial charge in [-0.15, -0.1) is 0 Å². The van der Waals surface area contributed by atoms with Crippen molar-refractivity contribution in [3.05, 3.63) is 41.7 Å². The van der Waals surface area contributed by atoms with Gasteiger partial charge in [0.1, 0.15) is 5.83 Å². The SMILES string of the molecule is C/C(=C(\F)CN1C(C(N)=O)CC2CC21)c1ccccc1. The third-order valence-corrected chi connectivity index (χ3v) is 4.50. The Hall–Kier alpha value is -1.68. The van der Waals surface area contributed by atoms with Gasteiger partial charge in [-0.05, 0) is 36.8 Å². The topological polar surface area (TPSA) is 46.3 Å². The number of nitrogens with zero attached hydrogens (tertiary/aromatic N) is 1. The van der Waals surface area contributed by atoms with Gasteiger partial charge in [0.25, 0.3) is 0 Å². The monoisotopic (exact) mass is 274 g/mol. The van der Waals surface area contributed by atoms with Gasteiger partial charge in [-0.1, -0.05) is 30.3 Å². The number of benzene rings is 1. The molecule has 1 aromatic carbocycles. The number of halogens is 1. The van der Waals surface area contributed by atoms with E-state index in [9.17, 15) is 9.18 Å². The van der Waals surface area contributed by atoms with E-state index in [2.05, 4.69) is 0 Å². The molecule has 106 valence electrons. The molecule has 0 bridgehead atoms. The van der Waals surface area contributed by atoms with Crippen molar-refractivity contribution in [2.75, 3.05) is 6.54 Å². The fraction of sp³-hybridized carbons (Fsp3) is 0.438. The van der Waals surface area contributed by atoms with Crippen molar-refractivity contribution < 1.29 is 9.18 Å². The molecule has 1 aliphatic heterocycles. The second-order valence-corrected chi connectivity index (χ2v) is 5.79. The molecule has 1 saturated carbocycles. The molecule has 2 N–H and O–H groups in total. The van der Waals surface area contributed by atoms with Crippen LogP contribution in [0.2, 0.25) is 0 Å². The first-order valence-electron chi connectivity index (χ1n) is 7.03. The van der Waals surface area contributed by atoms with E-state index in [1.165, 1.54) is 0 Å². The number of allylic oxidation sites excluding steroid dienone is 1. The van der Waals surface area contributed by atoms with Crippen LogP contribution in [0.1, 0.15) is 25.3 Å². The summed E-state index contributed by atoms with van der Waals surface area (Å²) in [6, 6.07) is 9.54. The lowest BCUT2D eigenvalue weighted by Crippen LogP contribution is -2.43. The molecule has 3 unspecified atom stereocenters. The number of rotatable bonds is 4. The van der Waals surface area contributed by atoms with Crippen LogP contribution in [0.25, 0.3) is 5.57 Å². The van der Waals surface area contributed by atoms with Crippen LogP contribution in [0.4, 0.5) is 4.39 Å². The number of carbonyl (C=O) groups is 1. The maximum absolute atomic E-state index is 14.4. The molecule has 4 heteroatoms. The van der Waals surface area contributed by atoms with Crippen LogP contribution in [0.15, 0.2) is 36.2 Å². The van der Waals surface area contributed by atoms with Crippen LogP contribution in [-0.4, -0.2) is 29.4 Å². The van der Waals surface area contributed by atoms with Gasteiger partial charge in [0.2, 0.25) is 5.91 Å². The molecule has 2 aliphatic rings. The summed E-state index contributed by atoms with van der Waals surface area (Å²) in [5, 5.41) is 0. The summed E-state index contributed by atoms with van der Waals surface area (Å²) in [5.41, 5.74) is 6.93. The van der Waals surface area contributed by atoms with E-state index in [0.717, 1.165) is 18.4 Å². The van der Waals surface area contributed by atoms with Gasteiger partial charge in [0.15, 0.2) is 0 Å². The molecule has 1 aliphatic carbocycles. The average molecular weight is 274 g/mol. The molecule has 3 nitrogen and oxygen atoms in total. The van der Waals surface area contributed by atoms with E-state index in [1.54, 1.807) is 6.92 Å². The predicted molar refractivity (Wildman–Crippen MR) is 76.3 cm³/mol. The summed E-state index contributed by atoms with van der Waals surface area (Å²) >= 11 is 0. The zero-order valence-corrected chi connectivity index (χ0v) is 11.6. The Labute approximate surface area is 118 Å². The maximum atomic E-state index is 14.4. The molecular formula is C16H19FN2O. The summed E-state index contributed by atoms with van der Waals surface area (Å²) in [7, 11) is 0. The van der Waals surface area contributed by atoms with E-state index < -0.39 is 0 Å². The molecule has 1 heterocycles. The van der Waals surface area contributed by atoms with Gasteiger partial charge in [-0.2, -0.15) is 0 Å². The number of piperidine rings is 1. The molecule has 1 amide bonds. The van der Waals surface area contributed by atoms with Crippen LogP contribution in [0.5, 0.6) is 0 Å². The summed E-state index contributed by atoms with van der Waals surface area (Å²) < 4.78 is 14.4. The van der Waals surface area contributed by atoms with Gasteiger partial charge in [-0.3, -0.25) is 9.69 Å². The van der Waals surface area contributed by atoms with Crippen LogP contribution >= 0.6 is 0 Å². The molecule has 1 aromatic rings. The first-order valence-corrected chi connectivity index (χ1v) is 7.03. The van der Waals surface area contributed by atoms with Crippen LogP contribution in [0.3, 0.4) is 0 Å². The smallest absolute Gasteiger partial charge is 0.234 e. The molecule has 2 fully saturated rings. The Morgan fingerprint density at radius 2 is 2.05 bits per heavy atom. The minimum Gasteiger partial charge on any atom is -0.368 e. The Morgan fingerprint density at radius 3 is 2.70 bits per heavy atom. The predicted octanol–water partition coefficient (Wildman–Crippen LogP) is 2.34. The van der Waals surface area contributed by atoms with Crippen molar-refractivity contribution in [1.29, 1.82) is 0 Å². The highest BCUT2D eigenvalue weighted by molar-refractivity contribution is 5.80. The number of likely N-dealkylation sites (tertiary alicyclic amines) is 1. The zero-order valence-electron chi connectivity index (χ0n) is 11.6. The lowest BCUT2D eigenvalue weighted by atomic mass is 10.1. The van der Waals surface area contributed by atoms with Crippen LogP contribution in [0, 0.1) is 5.92 Å². The minimum atomic E-state index is -0.331. The molecule has 0 radical (unpaired) electrons. The maximum Gasteiger partial charge on any atom is 0.234 e. The number of carbonyl (C=O) groups excluding carboxylic acids is 1. The minimum absolute atomic E-state index is 0.171. The fourth-order valence-electron chi connectivity index (χ4n) is 3.18. The normalized spacial score (nSPS) is 29.8. The number of amides is 1. The van der Waals surface area contributed by atoms with Crippen molar-refractivity contribution in [3.63, 3.8) is 0 Å². The first kappa shape index (κ1) is 13.3. The molecule has 0 spiro atoms. The molecule has 3 rings (SSSR count). The second-order valence-electron chi connectivity index (χ2n) is 5.79. The van der Waals surface area contributed by atoms with Crippen molar-refractivity contribution in [1.82, 2.24) is 4.90 Å². The standard InChI is InChI=1S/C16H19FN2O/c1-10(11-5-3-2-4-6-11)13(17)9-19-14-7-12(14)8-15(19)16(18)20/h2-6,12,14-15H,7-9H2,1H3,(H2,18,20)/b13-10+.